The number of amides is 2. The van der Waals surface area contributed by atoms with E-state index in [1.807, 2.05) is 13.8 Å². The average Bonchev–Trinajstić information content (AvgIpc) is 2.60. The van der Waals surface area contributed by atoms with Crippen LogP contribution in [0.3, 0.4) is 0 Å². The van der Waals surface area contributed by atoms with Gasteiger partial charge in [0.1, 0.15) is 0 Å². The molecule has 1 fully saturated rings. The minimum absolute atomic E-state index is 0.0725. The molecule has 0 unspecified atom stereocenters. The fourth-order valence-electron chi connectivity index (χ4n) is 3.44. The molecule has 1 heterocycles. The van der Waals surface area contributed by atoms with E-state index < -0.39 is 27.6 Å². The molecular formula is C18H28N4O5S. The van der Waals surface area contributed by atoms with E-state index in [0.717, 1.165) is 21.6 Å². The van der Waals surface area contributed by atoms with E-state index in [2.05, 4.69) is 0 Å². The van der Waals surface area contributed by atoms with E-state index in [1.165, 1.54) is 11.4 Å². The number of hydrogen-bond acceptors (Lipinski definition) is 5. The van der Waals surface area contributed by atoms with Crippen molar-refractivity contribution in [3.05, 3.63) is 28.8 Å². The van der Waals surface area contributed by atoms with Gasteiger partial charge in [-0.25, -0.2) is 17.5 Å². The lowest BCUT2D eigenvalue weighted by atomic mass is 9.89. The zero-order valence-electron chi connectivity index (χ0n) is 16.4. The highest BCUT2D eigenvalue weighted by atomic mass is 32.2. The molecule has 1 aliphatic heterocycles. The van der Waals surface area contributed by atoms with Crippen molar-refractivity contribution in [3.8, 4) is 0 Å². The van der Waals surface area contributed by atoms with Crippen molar-refractivity contribution in [2.45, 2.75) is 38.6 Å². The number of nitrogens with zero attached hydrogens (tertiary/aromatic N) is 2. The Morgan fingerprint density at radius 1 is 1.21 bits per heavy atom. The van der Waals surface area contributed by atoms with Crippen LogP contribution in [-0.4, -0.2) is 61.3 Å². The maximum absolute atomic E-state index is 12.7. The summed E-state index contributed by atoms with van der Waals surface area (Å²) >= 11 is 0. The molecule has 1 aliphatic rings. The van der Waals surface area contributed by atoms with Crippen molar-refractivity contribution in [2.75, 3.05) is 30.8 Å². The highest BCUT2D eigenvalue weighted by Crippen LogP contribution is 2.25. The third-order valence-corrected chi connectivity index (χ3v) is 7.34. The smallest absolute Gasteiger partial charge is 0.411 e. The third kappa shape index (κ3) is 4.62. The van der Waals surface area contributed by atoms with E-state index in [4.69, 9.17) is 16.6 Å². The lowest BCUT2D eigenvalue weighted by Gasteiger charge is -2.36. The van der Waals surface area contributed by atoms with Crippen LogP contribution in [0.15, 0.2) is 12.1 Å². The lowest BCUT2D eigenvalue weighted by molar-refractivity contribution is -0.124. The first-order valence-corrected chi connectivity index (χ1v) is 10.6. The summed E-state index contributed by atoms with van der Waals surface area (Å²) in [5.74, 6) is -0.682. The summed E-state index contributed by atoms with van der Waals surface area (Å²) in [6, 6.07) is 3.47. The van der Waals surface area contributed by atoms with Gasteiger partial charge in [0.25, 0.3) is 0 Å². The zero-order valence-corrected chi connectivity index (χ0v) is 17.3. The molecule has 0 atom stereocenters. The highest BCUT2D eigenvalue weighted by Gasteiger charge is 2.39. The van der Waals surface area contributed by atoms with Gasteiger partial charge in [0.2, 0.25) is 15.9 Å². The van der Waals surface area contributed by atoms with E-state index in [1.54, 1.807) is 12.1 Å². The number of aryl methyl sites for hydroxylation is 2. The van der Waals surface area contributed by atoms with Gasteiger partial charge in [-0.2, -0.15) is 0 Å². The number of carbonyl (C=O) groups is 2. The van der Waals surface area contributed by atoms with Gasteiger partial charge in [-0.15, -0.1) is 0 Å². The minimum Gasteiger partial charge on any atom is -0.465 e. The van der Waals surface area contributed by atoms with Crippen LogP contribution in [0.4, 0.5) is 10.5 Å². The first-order valence-electron chi connectivity index (χ1n) is 9.01. The van der Waals surface area contributed by atoms with Gasteiger partial charge in [-0.1, -0.05) is 0 Å². The minimum atomic E-state index is -3.51. The molecule has 2 amide bonds. The summed E-state index contributed by atoms with van der Waals surface area (Å²) in [4.78, 5) is 23.7. The molecule has 0 bridgehead atoms. The maximum Gasteiger partial charge on any atom is 0.411 e. The first-order chi connectivity index (χ1) is 12.9. The predicted molar refractivity (Wildman–Crippen MR) is 107 cm³/mol. The molecule has 10 heteroatoms. The quantitative estimate of drug-likeness (QED) is 0.622. The number of nitrogens with two attached hydrogens (primary N) is 2. The summed E-state index contributed by atoms with van der Waals surface area (Å²) in [6.45, 7) is 4.01. The molecule has 9 nitrogen and oxygen atoms in total. The topological polar surface area (TPSA) is 147 Å². The molecule has 2 rings (SSSR count). The van der Waals surface area contributed by atoms with Crippen LogP contribution in [-0.2, 0) is 21.2 Å². The standard InChI is InChI=1S/C18H28N4O5S/c1-12-10-14(21(3)17(24)25)11-13(2)15(12)4-9-28(26,27)22-7-5-18(20,6-8-22)16(19)23/h10-11H,4-9,20H2,1-3H3,(H2,19,23)(H,24,25). The largest absolute Gasteiger partial charge is 0.465 e. The summed E-state index contributed by atoms with van der Waals surface area (Å²) < 4.78 is 26.8. The zero-order chi connectivity index (χ0) is 21.3. The van der Waals surface area contributed by atoms with Crippen molar-refractivity contribution in [2.24, 2.45) is 11.5 Å². The van der Waals surface area contributed by atoms with Crippen molar-refractivity contribution < 1.29 is 23.1 Å². The van der Waals surface area contributed by atoms with Crippen LogP contribution in [0.1, 0.15) is 29.5 Å². The second-order valence-corrected chi connectivity index (χ2v) is 9.47. The van der Waals surface area contributed by atoms with Crippen molar-refractivity contribution in [1.29, 1.82) is 0 Å². The first kappa shape index (κ1) is 22.1. The maximum atomic E-state index is 12.7. The normalized spacial score (nSPS) is 17.3. The number of benzene rings is 1. The van der Waals surface area contributed by atoms with Crippen LogP contribution < -0.4 is 16.4 Å². The van der Waals surface area contributed by atoms with E-state index in [9.17, 15) is 18.0 Å². The van der Waals surface area contributed by atoms with Gasteiger partial charge in [0.05, 0.1) is 11.3 Å². The van der Waals surface area contributed by atoms with Crippen molar-refractivity contribution in [1.82, 2.24) is 4.31 Å². The Kier molecular flexibility index (Phi) is 6.37. The van der Waals surface area contributed by atoms with E-state index in [0.29, 0.717) is 12.1 Å². The molecular weight excluding hydrogens is 384 g/mol. The fraction of sp³-hybridized carbons (Fsp3) is 0.556. The molecule has 1 aromatic rings. The summed E-state index contributed by atoms with van der Waals surface area (Å²) in [5, 5.41) is 9.12. The average molecular weight is 413 g/mol. The molecule has 0 saturated carbocycles. The summed E-state index contributed by atoms with van der Waals surface area (Å²) in [6.07, 6.45) is -0.339. The van der Waals surface area contributed by atoms with Crippen molar-refractivity contribution in [3.63, 3.8) is 0 Å². The van der Waals surface area contributed by atoms with Gasteiger partial charge in [-0.05, 0) is 61.9 Å². The Morgan fingerprint density at radius 2 is 1.71 bits per heavy atom. The lowest BCUT2D eigenvalue weighted by Crippen LogP contribution is -2.59. The molecule has 1 saturated heterocycles. The van der Waals surface area contributed by atoms with Crippen LogP contribution in [0, 0.1) is 13.8 Å². The molecule has 156 valence electrons. The van der Waals surface area contributed by atoms with Crippen LogP contribution in [0.5, 0.6) is 0 Å². The van der Waals surface area contributed by atoms with E-state index in [-0.39, 0.29) is 31.7 Å². The second kappa shape index (κ2) is 8.06. The SMILES string of the molecule is Cc1cc(N(C)C(=O)O)cc(C)c1CCS(=O)(=O)N1CCC(N)(C(N)=O)CC1. The second-order valence-electron chi connectivity index (χ2n) is 7.39. The number of carboxylic acid groups (broad SMARTS) is 1. The number of sulfonamides is 1. The molecule has 0 spiro atoms. The van der Waals surface area contributed by atoms with E-state index >= 15 is 0 Å². The number of primary amides is 1. The Bertz CT molecular complexity index is 853. The van der Waals surface area contributed by atoms with Gasteiger partial charge < -0.3 is 16.6 Å². The molecule has 1 aromatic carbocycles. The Morgan fingerprint density at radius 3 is 2.14 bits per heavy atom. The van der Waals surface area contributed by atoms with Crippen LogP contribution >= 0.6 is 0 Å². The van der Waals surface area contributed by atoms with Gasteiger partial charge in [0, 0.05) is 25.8 Å². The Hall–Kier alpha value is -2.17. The van der Waals surface area contributed by atoms with Gasteiger partial charge in [-0.3, -0.25) is 9.69 Å². The summed E-state index contributed by atoms with van der Waals surface area (Å²) in [7, 11) is -2.05. The number of rotatable bonds is 6. The highest BCUT2D eigenvalue weighted by molar-refractivity contribution is 7.89. The number of anilines is 1. The molecule has 0 aromatic heterocycles. The fourth-order valence-corrected chi connectivity index (χ4v) is 4.90. The summed E-state index contributed by atoms with van der Waals surface area (Å²) in [5.41, 5.74) is 13.2. The molecule has 5 N–H and O–H groups in total. The Balaban J connectivity index is 2.09. The molecule has 0 radical (unpaired) electrons. The molecule has 0 aliphatic carbocycles. The molecule has 28 heavy (non-hydrogen) atoms. The van der Waals surface area contributed by atoms with Gasteiger partial charge >= 0.3 is 6.09 Å². The predicted octanol–water partition coefficient (Wildman–Crippen LogP) is 0.569. The number of carbonyl (C=O) groups excluding carboxylic acids is 1. The number of hydrogen-bond donors (Lipinski definition) is 3. The van der Waals surface area contributed by atoms with Crippen LogP contribution in [0.2, 0.25) is 0 Å². The monoisotopic (exact) mass is 412 g/mol. The van der Waals surface area contributed by atoms with Crippen LogP contribution in [0.25, 0.3) is 0 Å². The number of piperidine rings is 1. The Labute approximate surface area is 165 Å². The van der Waals surface area contributed by atoms with Crippen molar-refractivity contribution >= 4 is 27.7 Å². The third-order valence-electron chi connectivity index (χ3n) is 5.46. The van der Waals surface area contributed by atoms with Gasteiger partial charge in [0.15, 0.2) is 0 Å².